The van der Waals surface area contributed by atoms with E-state index in [1.54, 1.807) is 24.3 Å². The molecule has 26 heavy (non-hydrogen) atoms. The van der Waals surface area contributed by atoms with Crippen molar-refractivity contribution < 1.29 is 18.0 Å². The van der Waals surface area contributed by atoms with Gasteiger partial charge in [-0.1, -0.05) is 23.2 Å². The van der Waals surface area contributed by atoms with Crippen LogP contribution in [0, 0.1) is 0 Å². The first-order valence-corrected chi connectivity index (χ1v) is 8.90. The molecule has 140 valence electrons. The summed E-state index contributed by atoms with van der Waals surface area (Å²) in [6.07, 6.45) is -2.50. The Hall–Kier alpha value is -1.73. The standard InChI is InChI=1S/C17H16Cl2F3N3O/c18-12-6-4-11(5-7-12)16(26)23-8-1-9-25-14(10-2-3-10)13(19)15(24-25)17(20,21)22/h4-7,10H,1-3,8-9H2,(H,23,26). The zero-order valence-corrected chi connectivity index (χ0v) is 15.1. The Morgan fingerprint density at radius 2 is 1.88 bits per heavy atom. The summed E-state index contributed by atoms with van der Waals surface area (Å²) in [6, 6.07) is 6.43. The third kappa shape index (κ3) is 4.32. The number of carbonyl (C=O) groups is 1. The largest absolute Gasteiger partial charge is 0.436 e. The van der Waals surface area contributed by atoms with Gasteiger partial charge in [0.15, 0.2) is 5.69 Å². The summed E-state index contributed by atoms with van der Waals surface area (Å²) in [7, 11) is 0. The number of aromatic nitrogens is 2. The molecule has 0 atom stereocenters. The average molecular weight is 406 g/mol. The minimum atomic E-state index is -4.57. The second-order valence-electron chi connectivity index (χ2n) is 6.16. The van der Waals surface area contributed by atoms with E-state index in [2.05, 4.69) is 10.4 Å². The molecule has 0 saturated heterocycles. The number of alkyl halides is 3. The summed E-state index contributed by atoms with van der Waals surface area (Å²) in [6.45, 7) is 0.562. The predicted molar refractivity (Wildman–Crippen MR) is 92.6 cm³/mol. The summed E-state index contributed by atoms with van der Waals surface area (Å²) >= 11 is 11.7. The van der Waals surface area contributed by atoms with Crippen molar-refractivity contribution in [2.24, 2.45) is 0 Å². The Kier molecular flexibility index (Phi) is 5.48. The molecule has 1 saturated carbocycles. The molecule has 0 aliphatic heterocycles. The highest BCUT2D eigenvalue weighted by Crippen LogP contribution is 2.46. The lowest BCUT2D eigenvalue weighted by Crippen LogP contribution is -2.25. The van der Waals surface area contributed by atoms with Gasteiger partial charge in [0.2, 0.25) is 0 Å². The van der Waals surface area contributed by atoms with Gasteiger partial charge in [-0.15, -0.1) is 0 Å². The SMILES string of the molecule is O=C(NCCCn1nc(C(F)(F)F)c(Cl)c1C1CC1)c1ccc(Cl)cc1. The number of rotatable bonds is 6. The van der Waals surface area contributed by atoms with Crippen LogP contribution in [0.5, 0.6) is 0 Å². The topological polar surface area (TPSA) is 46.9 Å². The number of nitrogens with zero attached hydrogens (tertiary/aromatic N) is 2. The first kappa shape index (κ1) is 19.0. The Morgan fingerprint density at radius 3 is 2.46 bits per heavy atom. The Labute approximate surface area is 158 Å². The summed E-state index contributed by atoms with van der Waals surface area (Å²) in [4.78, 5) is 12.0. The van der Waals surface area contributed by atoms with E-state index in [4.69, 9.17) is 23.2 Å². The molecule has 3 rings (SSSR count). The fraction of sp³-hybridized carbons (Fsp3) is 0.412. The summed E-state index contributed by atoms with van der Waals surface area (Å²) < 4.78 is 40.4. The first-order chi connectivity index (χ1) is 12.3. The van der Waals surface area contributed by atoms with Gasteiger partial charge in [0.25, 0.3) is 5.91 Å². The van der Waals surface area contributed by atoms with Gasteiger partial charge in [-0.25, -0.2) is 0 Å². The maximum Gasteiger partial charge on any atom is 0.436 e. The summed E-state index contributed by atoms with van der Waals surface area (Å²) in [5, 5.41) is 6.62. The summed E-state index contributed by atoms with van der Waals surface area (Å²) in [5.74, 6) is -0.228. The van der Waals surface area contributed by atoms with Gasteiger partial charge < -0.3 is 5.32 Å². The molecule has 0 unspecified atom stereocenters. The number of benzene rings is 1. The van der Waals surface area contributed by atoms with Crippen molar-refractivity contribution in [1.29, 1.82) is 0 Å². The van der Waals surface area contributed by atoms with Crippen molar-refractivity contribution >= 4 is 29.1 Å². The van der Waals surface area contributed by atoms with Gasteiger partial charge >= 0.3 is 6.18 Å². The van der Waals surface area contributed by atoms with Gasteiger partial charge in [0.05, 0.1) is 10.7 Å². The van der Waals surface area contributed by atoms with Gasteiger partial charge in [-0.3, -0.25) is 9.48 Å². The Morgan fingerprint density at radius 1 is 1.23 bits per heavy atom. The number of hydrogen-bond donors (Lipinski definition) is 1. The molecular formula is C17H16Cl2F3N3O. The van der Waals surface area contributed by atoms with Crippen molar-refractivity contribution in [3.63, 3.8) is 0 Å². The van der Waals surface area contributed by atoms with E-state index in [1.807, 2.05) is 0 Å². The molecule has 1 aromatic carbocycles. The van der Waals surface area contributed by atoms with Gasteiger partial charge in [-0.2, -0.15) is 18.3 Å². The molecule has 1 fully saturated rings. The molecular weight excluding hydrogens is 390 g/mol. The van der Waals surface area contributed by atoms with Crippen LogP contribution in [0.3, 0.4) is 0 Å². The van der Waals surface area contributed by atoms with Crippen LogP contribution in [-0.2, 0) is 12.7 Å². The normalized spacial score (nSPS) is 14.5. The van der Waals surface area contributed by atoms with Crippen LogP contribution in [-0.4, -0.2) is 22.2 Å². The molecule has 2 aromatic rings. The molecule has 1 aromatic heterocycles. The number of aryl methyl sites for hydroxylation is 1. The van der Waals surface area contributed by atoms with Gasteiger partial charge in [-0.05, 0) is 43.5 Å². The van der Waals surface area contributed by atoms with E-state index in [0.717, 1.165) is 12.8 Å². The molecule has 0 spiro atoms. The molecule has 1 aliphatic carbocycles. The lowest BCUT2D eigenvalue weighted by molar-refractivity contribution is -0.141. The zero-order chi connectivity index (χ0) is 18.9. The van der Waals surface area contributed by atoms with Crippen LogP contribution in [0.15, 0.2) is 24.3 Å². The Bertz CT molecular complexity index is 799. The monoisotopic (exact) mass is 405 g/mol. The minimum absolute atomic E-state index is 0.0368. The molecule has 1 heterocycles. The van der Waals surface area contributed by atoms with Crippen LogP contribution in [0.2, 0.25) is 10.0 Å². The Balaban J connectivity index is 1.59. The quantitative estimate of drug-likeness (QED) is 0.694. The van der Waals surface area contributed by atoms with Crippen LogP contribution in [0.1, 0.15) is 46.9 Å². The number of amides is 1. The molecule has 4 nitrogen and oxygen atoms in total. The van der Waals surface area contributed by atoms with Crippen LogP contribution in [0.25, 0.3) is 0 Å². The number of nitrogens with one attached hydrogen (secondary N) is 1. The van der Waals surface area contributed by atoms with E-state index in [0.29, 0.717) is 29.2 Å². The molecule has 9 heteroatoms. The van der Waals surface area contributed by atoms with E-state index in [-0.39, 0.29) is 23.4 Å². The molecule has 0 radical (unpaired) electrons. The van der Waals surface area contributed by atoms with Crippen molar-refractivity contribution in [1.82, 2.24) is 15.1 Å². The highest BCUT2D eigenvalue weighted by atomic mass is 35.5. The lowest BCUT2D eigenvalue weighted by atomic mass is 10.2. The molecule has 0 bridgehead atoms. The third-order valence-electron chi connectivity index (χ3n) is 4.10. The van der Waals surface area contributed by atoms with E-state index in [1.165, 1.54) is 4.68 Å². The highest BCUT2D eigenvalue weighted by molar-refractivity contribution is 6.32. The lowest BCUT2D eigenvalue weighted by Gasteiger charge is -2.08. The van der Waals surface area contributed by atoms with Gasteiger partial charge in [0.1, 0.15) is 0 Å². The van der Waals surface area contributed by atoms with Crippen molar-refractivity contribution in [3.05, 3.63) is 51.3 Å². The third-order valence-corrected chi connectivity index (χ3v) is 4.73. The first-order valence-electron chi connectivity index (χ1n) is 8.14. The fourth-order valence-electron chi connectivity index (χ4n) is 2.69. The maximum absolute atomic E-state index is 13.0. The molecule has 1 amide bonds. The zero-order valence-electron chi connectivity index (χ0n) is 13.6. The van der Waals surface area contributed by atoms with Crippen molar-refractivity contribution in [2.75, 3.05) is 6.54 Å². The average Bonchev–Trinajstić information content (AvgIpc) is 3.34. The van der Waals surface area contributed by atoms with Crippen LogP contribution in [0.4, 0.5) is 13.2 Å². The number of halogens is 5. The highest BCUT2D eigenvalue weighted by Gasteiger charge is 2.41. The number of hydrogen-bond acceptors (Lipinski definition) is 2. The van der Waals surface area contributed by atoms with Crippen molar-refractivity contribution in [3.8, 4) is 0 Å². The van der Waals surface area contributed by atoms with Gasteiger partial charge in [0, 0.05) is 29.6 Å². The molecule has 1 N–H and O–H groups in total. The molecule has 1 aliphatic rings. The van der Waals surface area contributed by atoms with Crippen LogP contribution >= 0.6 is 23.2 Å². The van der Waals surface area contributed by atoms with E-state index in [9.17, 15) is 18.0 Å². The minimum Gasteiger partial charge on any atom is -0.352 e. The van der Waals surface area contributed by atoms with Crippen molar-refractivity contribution in [2.45, 2.75) is 37.9 Å². The van der Waals surface area contributed by atoms with E-state index >= 15 is 0 Å². The fourth-order valence-corrected chi connectivity index (χ4v) is 3.21. The maximum atomic E-state index is 13.0. The second-order valence-corrected chi connectivity index (χ2v) is 6.97. The number of carbonyl (C=O) groups excluding carboxylic acids is 1. The predicted octanol–water partition coefficient (Wildman–Crippen LogP) is 4.91. The van der Waals surface area contributed by atoms with E-state index < -0.39 is 11.9 Å². The second kappa shape index (κ2) is 7.48. The van der Waals surface area contributed by atoms with Crippen LogP contribution < -0.4 is 5.32 Å². The smallest absolute Gasteiger partial charge is 0.352 e. The summed E-state index contributed by atoms with van der Waals surface area (Å²) in [5.41, 5.74) is -0.121.